The first-order valence-corrected chi connectivity index (χ1v) is 6.08. The van der Waals surface area contributed by atoms with Crippen molar-refractivity contribution < 1.29 is 0 Å². The zero-order valence-electron chi connectivity index (χ0n) is 9.74. The molecule has 0 fully saturated rings. The average Bonchev–Trinajstić information content (AvgIpc) is 2.33. The molecule has 0 atom stereocenters. The lowest BCUT2D eigenvalue weighted by Gasteiger charge is -2.10. The van der Waals surface area contributed by atoms with Gasteiger partial charge in [0.1, 0.15) is 6.07 Å². The maximum Gasteiger partial charge on any atom is 0.153 e. The molecule has 0 unspecified atom stereocenters. The van der Waals surface area contributed by atoms with Crippen molar-refractivity contribution in [2.75, 3.05) is 11.1 Å². The number of nitriles is 1. The lowest BCUT2D eigenvalue weighted by atomic mass is 10.2. The number of nitrogen functional groups attached to an aromatic ring is 1. The minimum atomic E-state index is 0.542. The van der Waals surface area contributed by atoms with Crippen molar-refractivity contribution in [2.24, 2.45) is 0 Å². The molecule has 1 aromatic carbocycles. The number of nitrogens with zero attached hydrogens (tertiary/aromatic N) is 2. The Morgan fingerprint density at radius 2 is 2.17 bits per heavy atom. The van der Waals surface area contributed by atoms with Gasteiger partial charge in [0.15, 0.2) is 5.82 Å². The third-order valence-corrected chi connectivity index (χ3v) is 2.90. The molecule has 0 aliphatic carbocycles. The molecule has 0 aliphatic heterocycles. The van der Waals surface area contributed by atoms with Gasteiger partial charge in [-0.25, -0.2) is 4.98 Å². The number of pyridine rings is 1. The molecule has 2 aromatic rings. The number of halogens is 1. The van der Waals surface area contributed by atoms with Crippen LogP contribution in [-0.2, 0) is 0 Å². The van der Waals surface area contributed by atoms with Crippen LogP contribution in [0.2, 0.25) is 0 Å². The monoisotopic (exact) mass is 302 g/mol. The second-order valence-corrected chi connectivity index (χ2v) is 4.79. The summed E-state index contributed by atoms with van der Waals surface area (Å²) in [6.07, 6.45) is 1.72. The van der Waals surface area contributed by atoms with Gasteiger partial charge in [-0.05, 0) is 36.8 Å². The van der Waals surface area contributed by atoms with Gasteiger partial charge in [-0.2, -0.15) is 5.26 Å². The van der Waals surface area contributed by atoms with E-state index in [1.165, 1.54) is 0 Å². The third-order valence-electron chi connectivity index (χ3n) is 2.41. The van der Waals surface area contributed by atoms with E-state index >= 15 is 0 Å². The number of hydrogen-bond acceptors (Lipinski definition) is 4. The number of rotatable bonds is 2. The minimum Gasteiger partial charge on any atom is -0.396 e. The highest BCUT2D eigenvalue weighted by molar-refractivity contribution is 9.10. The van der Waals surface area contributed by atoms with E-state index in [1.54, 1.807) is 12.3 Å². The van der Waals surface area contributed by atoms with Crippen LogP contribution in [0.4, 0.5) is 17.2 Å². The van der Waals surface area contributed by atoms with Crippen molar-refractivity contribution in [3.8, 4) is 6.07 Å². The van der Waals surface area contributed by atoms with Gasteiger partial charge in [-0.1, -0.05) is 15.9 Å². The summed E-state index contributed by atoms with van der Waals surface area (Å²) >= 11 is 3.37. The van der Waals surface area contributed by atoms with Crippen molar-refractivity contribution in [1.82, 2.24) is 4.98 Å². The Morgan fingerprint density at radius 1 is 1.39 bits per heavy atom. The van der Waals surface area contributed by atoms with Crippen molar-refractivity contribution in [1.29, 1.82) is 5.26 Å². The highest BCUT2D eigenvalue weighted by Gasteiger charge is 2.06. The van der Waals surface area contributed by atoms with Crippen LogP contribution in [0, 0.1) is 18.3 Å². The van der Waals surface area contributed by atoms with Gasteiger partial charge >= 0.3 is 0 Å². The number of nitrogens with two attached hydrogens (primary N) is 1. The molecular weight excluding hydrogens is 292 g/mol. The lowest BCUT2D eigenvalue weighted by Crippen LogP contribution is -2.01. The Labute approximate surface area is 114 Å². The molecule has 0 amide bonds. The van der Waals surface area contributed by atoms with E-state index in [0.29, 0.717) is 22.8 Å². The number of benzene rings is 1. The first-order chi connectivity index (χ1) is 8.60. The maximum absolute atomic E-state index is 9.04. The maximum atomic E-state index is 9.04. The Hall–Kier alpha value is -2.06. The second-order valence-electron chi connectivity index (χ2n) is 3.88. The molecule has 3 N–H and O–H groups in total. The average molecular weight is 303 g/mol. The molecule has 1 heterocycles. The molecule has 4 nitrogen and oxygen atoms in total. The third kappa shape index (κ3) is 2.60. The largest absolute Gasteiger partial charge is 0.396 e. The van der Waals surface area contributed by atoms with Crippen molar-refractivity contribution in [3.05, 3.63) is 46.1 Å². The van der Waals surface area contributed by atoms with Crippen LogP contribution in [-0.4, -0.2) is 4.98 Å². The number of aryl methyl sites for hydroxylation is 1. The predicted octanol–water partition coefficient (Wildman–Crippen LogP) is 3.35. The van der Waals surface area contributed by atoms with E-state index in [4.69, 9.17) is 11.0 Å². The van der Waals surface area contributed by atoms with Gasteiger partial charge in [0.25, 0.3) is 0 Å². The Balaban J connectivity index is 2.40. The first-order valence-electron chi connectivity index (χ1n) is 5.29. The highest BCUT2D eigenvalue weighted by atomic mass is 79.9. The summed E-state index contributed by atoms with van der Waals surface area (Å²) in [5.41, 5.74) is 8.64. The number of nitrogens with one attached hydrogen (secondary N) is 1. The van der Waals surface area contributed by atoms with Crippen LogP contribution in [0.25, 0.3) is 0 Å². The topological polar surface area (TPSA) is 74.7 Å². The molecule has 90 valence electrons. The second kappa shape index (κ2) is 5.07. The van der Waals surface area contributed by atoms with Crippen LogP contribution in [0.3, 0.4) is 0 Å². The SMILES string of the molecule is Cc1cnc(Nc2cc(Br)ccc2C#N)c(N)c1. The lowest BCUT2D eigenvalue weighted by molar-refractivity contribution is 1.26. The van der Waals surface area contributed by atoms with Gasteiger partial charge in [0, 0.05) is 10.7 Å². The zero-order valence-corrected chi connectivity index (χ0v) is 11.3. The predicted molar refractivity (Wildman–Crippen MR) is 75.5 cm³/mol. The molecule has 1 aromatic heterocycles. The quantitative estimate of drug-likeness (QED) is 0.892. The summed E-state index contributed by atoms with van der Waals surface area (Å²) in [5.74, 6) is 0.551. The summed E-state index contributed by atoms with van der Waals surface area (Å²) in [6.45, 7) is 1.92. The van der Waals surface area contributed by atoms with Crippen molar-refractivity contribution >= 4 is 33.1 Å². The first kappa shape index (κ1) is 12.4. The fourth-order valence-corrected chi connectivity index (χ4v) is 1.90. The molecule has 0 saturated heterocycles. The summed E-state index contributed by atoms with van der Waals surface area (Å²) in [5, 5.41) is 12.1. The van der Waals surface area contributed by atoms with Crippen LogP contribution < -0.4 is 11.1 Å². The van der Waals surface area contributed by atoms with Crippen molar-refractivity contribution in [3.63, 3.8) is 0 Å². The zero-order chi connectivity index (χ0) is 13.1. The summed E-state index contributed by atoms with van der Waals surface area (Å²) in [7, 11) is 0. The van der Waals surface area contributed by atoms with Gasteiger partial charge in [0.05, 0.1) is 16.9 Å². The van der Waals surface area contributed by atoms with E-state index in [2.05, 4.69) is 32.3 Å². The summed E-state index contributed by atoms with van der Waals surface area (Å²) < 4.78 is 0.884. The Morgan fingerprint density at radius 3 is 2.83 bits per heavy atom. The van der Waals surface area contributed by atoms with E-state index in [0.717, 1.165) is 10.0 Å². The number of aromatic nitrogens is 1. The minimum absolute atomic E-state index is 0.542. The molecule has 0 spiro atoms. The van der Waals surface area contributed by atoms with Gasteiger partial charge < -0.3 is 11.1 Å². The molecule has 18 heavy (non-hydrogen) atoms. The summed E-state index contributed by atoms with van der Waals surface area (Å²) in [4.78, 5) is 4.22. The highest BCUT2D eigenvalue weighted by Crippen LogP contribution is 2.26. The molecule has 0 aliphatic rings. The van der Waals surface area contributed by atoms with E-state index < -0.39 is 0 Å². The molecule has 5 heteroatoms. The molecule has 2 rings (SSSR count). The van der Waals surface area contributed by atoms with E-state index in [-0.39, 0.29) is 0 Å². The smallest absolute Gasteiger partial charge is 0.153 e. The van der Waals surface area contributed by atoms with Crippen LogP contribution in [0.5, 0.6) is 0 Å². The standard InChI is InChI=1S/C13H11BrN4/c1-8-4-11(16)13(17-7-8)18-12-5-10(14)3-2-9(12)6-15/h2-5,7H,16H2,1H3,(H,17,18). The Kier molecular flexibility index (Phi) is 3.49. The molecular formula is C13H11BrN4. The van der Waals surface area contributed by atoms with E-state index in [1.807, 2.05) is 25.1 Å². The van der Waals surface area contributed by atoms with Crippen molar-refractivity contribution in [2.45, 2.75) is 6.92 Å². The molecule has 0 saturated carbocycles. The Bertz CT molecular complexity index is 631. The number of hydrogen-bond donors (Lipinski definition) is 2. The normalized spacial score (nSPS) is 9.83. The van der Waals surface area contributed by atoms with Gasteiger partial charge in [-0.3, -0.25) is 0 Å². The van der Waals surface area contributed by atoms with Crippen LogP contribution in [0.1, 0.15) is 11.1 Å². The van der Waals surface area contributed by atoms with E-state index in [9.17, 15) is 0 Å². The van der Waals surface area contributed by atoms with Crippen LogP contribution in [0.15, 0.2) is 34.9 Å². The fourth-order valence-electron chi connectivity index (χ4n) is 1.54. The molecule has 0 radical (unpaired) electrons. The molecule has 0 bridgehead atoms. The fraction of sp³-hybridized carbons (Fsp3) is 0.0769. The summed E-state index contributed by atoms with van der Waals surface area (Å²) in [6, 6.07) is 9.32. The van der Waals surface area contributed by atoms with Crippen LogP contribution >= 0.6 is 15.9 Å². The number of anilines is 3. The van der Waals surface area contributed by atoms with Gasteiger partial charge in [0.2, 0.25) is 0 Å². The van der Waals surface area contributed by atoms with Gasteiger partial charge in [-0.15, -0.1) is 0 Å².